The molecular weight excluding hydrogens is 228 g/mol. The Morgan fingerprint density at radius 3 is 2.71 bits per heavy atom. The summed E-state index contributed by atoms with van der Waals surface area (Å²) < 4.78 is 0. The third-order valence-corrected chi connectivity index (χ3v) is 1.63. The van der Waals surface area contributed by atoms with Crippen LogP contribution in [0.2, 0.25) is 0 Å². The van der Waals surface area contributed by atoms with Crippen LogP contribution < -0.4 is 0 Å². The van der Waals surface area contributed by atoms with Crippen molar-refractivity contribution in [2.24, 2.45) is 4.99 Å². The van der Waals surface area contributed by atoms with Gasteiger partial charge in [0.25, 0.3) is 0 Å². The van der Waals surface area contributed by atoms with E-state index in [4.69, 9.17) is 5.73 Å². The molecule has 2 N–H and O–H groups in total. The van der Waals surface area contributed by atoms with Gasteiger partial charge >= 0.3 is 17.1 Å². The first-order valence-corrected chi connectivity index (χ1v) is 4.27. The fourth-order valence-corrected chi connectivity index (χ4v) is 0.930. The van der Waals surface area contributed by atoms with Gasteiger partial charge in [0.2, 0.25) is 0 Å². The van der Waals surface area contributed by atoms with Crippen molar-refractivity contribution in [1.29, 1.82) is 0 Å². The van der Waals surface area contributed by atoms with Gasteiger partial charge in [-0.2, -0.15) is 0 Å². The zero-order valence-corrected chi connectivity index (χ0v) is 8.65. The van der Waals surface area contributed by atoms with Crippen molar-refractivity contribution in [3.8, 4) is 5.75 Å². The third kappa shape index (κ3) is 4.42. The number of aromatic hydroxyl groups is 1. The molecule has 0 saturated heterocycles. The third-order valence-electron chi connectivity index (χ3n) is 1.63. The van der Waals surface area contributed by atoms with Gasteiger partial charge < -0.3 is 10.8 Å². The number of nitrogens with zero attached hydrogens (tertiary/aromatic N) is 1. The van der Waals surface area contributed by atoms with Crippen LogP contribution in [0.3, 0.4) is 0 Å². The van der Waals surface area contributed by atoms with Crippen LogP contribution >= 0.6 is 0 Å². The number of phenols is 1. The van der Waals surface area contributed by atoms with Crippen LogP contribution in [0.25, 0.3) is 5.73 Å². The Hall–Kier alpha value is -0.831. The Bertz CT molecular complexity index is 289. The molecule has 14 heavy (non-hydrogen) atoms. The molecule has 0 heterocycles. The van der Waals surface area contributed by atoms with Crippen LogP contribution in [-0.4, -0.2) is 24.4 Å². The van der Waals surface area contributed by atoms with Crippen LogP contribution in [0.4, 0.5) is 0 Å². The maximum Gasteiger partial charge on any atom is 1.00 e. The van der Waals surface area contributed by atoms with E-state index in [1.807, 2.05) is 6.07 Å². The summed E-state index contributed by atoms with van der Waals surface area (Å²) in [6.45, 7) is 1.05. The molecule has 0 amide bonds. The average Bonchev–Trinajstić information content (AvgIpc) is 2.15. The Kier molecular flexibility index (Phi) is 7.11. The smallest absolute Gasteiger partial charge is 0.677 e. The first kappa shape index (κ1) is 13.2. The van der Waals surface area contributed by atoms with Crippen molar-refractivity contribution in [3.63, 3.8) is 0 Å². The Labute approximate surface area is 94.5 Å². The quantitative estimate of drug-likeness (QED) is 0.490. The van der Waals surface area contributed by atoms with Gasteiger partial charge in [0, 0.05) is 18.3 Å². The molecule has 0 aliphatic heterocycles. The van der Waals surface area contributed by atoms with Crippen molar-refractivity contribution in [1.82, 2.24) is 0 Å². The topological polar surface area (TPSA) is 56.4 Å². The van der Waals surface area contributed by atoms with E-state index in [-0.39, 0.29) is 22.8 Å². The molecule has 0 unspecified atom stereocenters. The number of hydrogen-bond donors (Lipinski definition) is 1. The van der Waals surface area contributed by atoms with Gasteiger partial charge in [-0.25, -0.2) is 0 Å². The van der Waals surface area contributed by atoms with Gasteiger partial charge in [0.1, 0.15) is 5.75 Å². The molecule has 80 valence electrons. The molecule has 0 aliphatic carbocycles. The van der Waals surface area contributed by atoms with Crippen molar-refractivity contribution in [2.75, 3.05) is 13.1 Å². The predicted molar refractivity (Wildman–Crippen MR) is 54.4 cm³/mol. The van der Waals surface area contributed by atoms with E-state index in [2.05, 4.69) is 4.99 Å². The fraction of sp³-hybridized carbons (Fsp3) is 0.300. The number of nitrogens with one attached hydrogen (secondary N) is 1. The summed E-state index contributed by atoms with van der Waals surface area (Å²) in [5.74, 6) is 0.247. The van der Waals surface area contributed by atoms with Crippen LogP contribution in [0, 0.1) is 0 Å². The van der Waals surface area contributed by atoms with E-state index in [0.29, 0.717) is 13.1 Å². The number of benzene rings is 1. The number of phenolic OH excluding ortho intramolecular Hbond substituents is 1. The van der Waals surface area contributed by atoms with E-state index in [1.165, 1.54) is 0 Å². The molecule has 0 fully saturated rings. The van der Waals surface area contributed by atoms with E-state index in [9.17, 15) is 5.11 Å². The largest absolute Gasteiger partial charge is 1.00 e. The summed E-state index contributed by atoms with van der Waals surface area (Å²) in [5.41, 5.74) is 7.63. The summed E-state index contributed by atoms with van der Waals surface area (Å²) in [4.78, 5) is 4.09. The van der Waals surface area contributed by atoms with Gasteiger partial charge in [-0.1, -0.05) is 18.6 Å². The summed E-state index contributed by atoms with van der Waals surface area (Å²) in [5, 5.41) is 9.34. The minimum atomic E-state index is 0. The molecule has 4 heteroatoms. The molecule has 0 bridgehead atoms. The molecule has 0 saturated carbocycles. The first-order valence-electron chi connectivity index (χ1n) is 4.27. The van der Waals surface area contributed by atoms with E-state index >= 15 is 0 Å². The summed E-state index contributed by atoms with van der Waals surface area (Å²) in [6.07, 6.45) is 2.41. The number of hydrogen-bond acceptors (Lipinski definition) is 2. The minimum Gasteiger partial charge on any atom is -0.677 e. The van der Waals surface area contributed by atoms with Gasteiger partial charge in [0.05, 0.1) is 0 Å². The average molecular weight is 241 g/mol. The molecule has 1 aromatic carbocycles. The molecule has 1 rings (SSSR count). The predicted octanol–water partition coefficient (Wildman–Crippen LogP) is 2.25. The van der Waals surface area contributed by atoms with Crippen LogP contribution in [-0.2, 0) is 17.1 Å². The number of rotatable bonds is 4. The minimum absolute atomic E-state index is 0. The maximum absolute atomic E-state index is 9.34. The van der Waals surface area contributed by atoms with Crippen molar-refractivity contribution in [2.45, 2.75) is 6.42 Å². The summed E-state index contributed by atoms with van der Waals surface area (Å²) in [7, 11) is 0. The van der Waals surface area contributed by atoms with Crippen LogP contribution in [0.5, 0.6) is 5.75 Å². The number of para-hydroxylation sites is 1. The molecule has 0 radical (unpaired) electrons. The zero-order chi connectivity index (χ0) is 9.52. The van der Waals surface area contributed by atoms with Gasteiger partial charge in [0.15, 0.2) is 0 Å². The van der Waals surface area contributed by atoms with Gasteiger partial charge in [-0.15, -0.1) is 6.54 Å². The Morgan fingerprint density at radius 1 is 1.36 bits per heavy atom. The second kappa shape index (κ2) is 7.56. The van der Waals surface area contributed by atoms with Crippen molar-refractivity contribution in [3.05, 3.63) is 35.6 Å². The first-order chi connectivity index (χ1) is 6.34. The second-order valence-corrected chi connectivity index (χ2v) is 2.70. The Morgan fingerprint density at radius 2 is 2.07 bits per heavy atom. The molecular formula is C10H13CuN2O. The van der Waals surface area contributed by atoms with E-state index < -0.39 is 0 Å². The van der Waals surface area contributed by atoms with Crippen LogP contribution in [0.15, 0.2) is 29.3 Å². The number of aliphatic imine (C=N–C) groups is 1. The summed E-state index contributed by atoms with van der Waals surface area (Å²) in [6, 6.07) is 7.06. The standard InChI is InChI=1S/C10H13N2O.Cu/c11-6-3-7-12-8-9-4-1-2-5-10(9)13;/h1-2,4-5,8,11,13H,3,6-7H2;/q-1;+1. The SMILES string of the molecule is [Cu+].[NH-]CCCN=Cc1ccccc1O. The van der Waals surface area contributed by atoms with Crippen molar-refractivity contribution < 1.29 is 22.2 Å². The molecule has 1 aromatic rings. The molecule has 0 spiro atoms. The van der Waals surface area contributed by atoms with E-state index in [1.54, 1.807) is 24.4 Å². The second-order valence-electron chi connectivity index (χ2n) is 2.70. The van der Waals surface area contributed by atoms with Gasteiger partial charge in [-0.3, -0.25) is 4.99 Å². The van der Waals surface area contributed by atoms with E-state index in [0.717, 1.165) is 12.0 Å². The molecule has 0 atom stereocenters. The monoisotopic (exact) mass is 240 g/mol. The normalized spacial score (nSPS) is 10.1. The molecule has 3 nitrogen and oxygen atoms in total. The maximum atomic E-state index is 9.34. The van der Waals surface area contributed by atoms with Crippen LogP contribution in [0.1, 0.15) is 12.0 Å². The summed E-state index contributed by atoms with van der Waals surface area (Å²) >= 11 is 0. The molecule has 0 aromatic heterocycles. The zero-order valence-electron chi connectivity index (χ0n) is 7.70. The van der Waals surface area contributed by atoms with Gasteiger partial charge in [-0.05, 0) is 12.1 Å². The van der Waals surface area contributed by atoms with Crippen molar-refractivity contribution >= 4 is 6.21 Å². The Balaban J connectivity index is 0.00000169. The molecule has 0 aliphatic rings. The fourth-order valence-electron chi connectivity index (χ4n) is 0.930.